The molecule has 0 fully saturated rings. The molecular weight excluding hydrogens is 471 g/mol. The molecule has 0 aromatic heterocycles. The standard InChI is InChI=1S/C26H29FN2O5S/c1-16-12-17(2)25(18(3)13-16)29-26(30)21-15-20(7-8-22(21)27)35(31,32)28-11-10-19-6-9-23(33-4)24(14-19)34-5/h6-9,12-15,28H,10-11H2,1-5H3,(H,29,30). The molecular formula is C26H29FN2O5S. The van der Waals surface area contributed by atoms with Crippen molar-refractivity contribution in [2.75, 3.05) is 26.1 Å². The molecule has 0 atom stereocenters. The van der Waals surface area contributed by atoms with Crippen LogP contribution in [0.1, 0.15) is 32.6 Å². The number of carbonyl (C=O) groups is 1. The number of aryl methyl sites for hydroxylation is 3. The molecule has 0 bridgehead atoms. The molecule has 3 aromatic carbocycles. The number of carbonyl (C=O) groups excluding carboxylic acids is 1. The Morgan fingerprint density at radius 1 is 0.914 bits per heavy atom. The van der Waals surface area contributed by atoms with Gasteiger partial charge < -0.3 is 14.8 Å². The largest absolute Gasteiger partial charge is 0.493 e. The van der Waals surface area contributed by atoms with E-state index in [1.165, 1.54) is 14.2 Å². The van der Waals surface area contributed by atoms with Crippen LogP contribution in [0, 0.1) is 26.6 Å². The summed E-state index contributed by atoms with van der Waals surface area (Å²) < 4.78 is 53.1. The van der Waals surface area contributed by atoms with Crippen LogP contribution >= 0.6 is 0 Å². The molecule has 3 rings (SSSR count). The monoisotopic (exact) mass is 500 g/mol. The maximum atomic E-state index is 14.5. The predicted octanol–water partition coefficient (Wildman–Crippen LogP) is 4.54. The van der Waals surface area contributed by atoms with E-state index < -0.39 is 21.7 Å². The van der Waals surface area contributed by atoms with Crippen molar-refractivity contribution in [3.8, 4) is 11.5 Å². The summed E-state index contributed by atoms with van der Waals surface area (Å²) in [5, 5.41) is 2.71. The lowest BCUT2D eigenvalue weighted by Crippen LogP contribution is -2.26. The number of amides is 1. The lowest BCUT2D eigenvalue weighted by Gasteiger charge is -2.14. The Morgan fingerprint density at radius 3 is 2.20 bits per heavy atom. The highest BCUT2D eigenvalue weighted by Gasteiger charge is 2.20. The highest BCUT2D eigenvalue weighted by Crippen LogP contribution is 2.28. The van der Waals surface area contributed by atoms with E-state index in [9.17, 15) is 17.6 Å². The molecule has 0 spiro atoms. The van der Waals surface area contributed by atoms with Crippen LogP contribution in [0.5, 0.6) is 11.5 Å². The molecule has 0 heterocycles. The minimum Gasteiger partial charge on any atom is -0.493 e. The van der Waals surface area contributed by atoms with Crippen molar-refractivity contribution in [3.05, 3.63) is 82.2 Å². The number of anilines is 1. The summed E-state index contributed by atoms with van der Waals surface area (Å²) in [5.41, 5.74) is 3.76. The third-order valence-electron chi connectivity index (χ3n) is 5.56. The molecule has 0 saturated carbocycles. The van der Waals surface area contributed by atoms with Crippen molar-refractivity contribution >= 4 is 21.6 Å². The first kappa shape index (κ1) is 26.2. The summed E-state index contributed by atoms with van der Waals surface area (Å²) in [7, 11) is -0.924. The zero-order valence-electron chi connectivity index (χ0n) is 20.4. The van der Waals surface area contributed by atoms with Gasteiger partial charge in [-0.3, -0.25) is 4.79 Å². The SMILES string of the molecule is COc1ccc(CCNS(=O)(=O)c2ccc(F)c(C(=O)Nc3c(C)cc(C)cc3C)c2)cc1OC. The lowest BCUT2D eigenvalue weighted by atomic mass is 10.0. The Balaban J connectivity index is 1.75. The van der Waals surface area contributed by atoms with Crippen molar-refractivity contribution in [3.63, 3.8) is 0 Å². The zero-order valence-corrected chi connectivity index (χ0v) is 21.2. The number of rotatable bonds is 9. The Hall–Kier alpha value is -3.43. The Bertz CT molecular complexity index is 1330. The third-order valence-corrected chi connectivity index (χ3v) is 7.02. The van der Waals surface area contributed by atoms with E-state index >= 15 is 0 Å². The van der Waals surface area contributed by atoms with Crippen LogP contribution in [0.4, 0.5) is 10.1 Å². The molecule has 2 N–H and O–H groups in total. The van der Waals surface area contributed by atoms with Crippen LogP contribution in [0.3, 0.4) is 0 Å². The molecule has 35 heavy (non-hydrogen) atoms. The van der Waals surface area contributed by atoms with Gasteiger partial charge in [-0.25, -0.2) is 17.5 Å². The van der Waals surface area contributed by atoms with Crippen molar-refractivity contribution < 1.29 is 27.1 Å². The van der Waals surface area contributed by atoms with Crippen molar-refractivity contribution in [2.24, 2.45) is 0 Å². The first-order valence-electron chi connectivity index (χ1n) is 10.9. The molecule has 0 aliphatic rings. The maximum Gasteiger partial charge on any atom is 0.258 e. The normalized spacial score (nSPS) is 11.3. The summed E-state index contributed by atoms with van der Waals surface area (Å²) in [4.78, 5) is 12.6. The number of methoxy groups -OCH3 is 2. The summed E-state index contributed by atoms with van der Waals surface area (Å²) in [6.07, 6.45) is 0.389. The van der Waals surface area contributed by atoms with E-state index in [1.807, 2.05) is 39.0 Å². The molecule has 0 radical (unpaired) electrons. The Labute approximate surface area is 205 Å². The number of hydrogen-bond donors (Lipinski definition) is 2. The number of ether oxygens (including phenoxy) is 2. The lowest BCUT2D eigenvalue weighted by molar-refractivity contribution is 0.102. The van der Waals surface area contributed by atoms with Crippen LogP contribution in [0.25, 0.3) is 0 Å². The highest BCUT2D eigenvalue weighted by atomic mass is 32.2. The van der Waals surface area contributed by atoms with E-state index in [0.717, 1.165) is 40.5 Å². The van der Waals surface area contributed by atoms with E-state index in [0.29, 0.717) is 23.6 Å². The van der Waals surface area contributed by atoms with Crippen molar-refractivity contribution in [1.82, 2.24) is 4.72 Å². The molecule has 3 aromatic rings. The molecule has 9 heteroatoms. The number of benzene rings is 3. The number of nitrogens with one attached hydrogen (secondary N) is 2. The number of sulfonamides is 1. The van der Waals surface area contributed by atoms with Gasteiger partial charge in [-0.2, -0.15) is 0 Å². The van der Waals surface area contributed by atoms with E-state index in [2.05, 4.69) is 10.0 Å². The van der Waals surface area contributed by atoms with Gasteiger partial charge in [0.1, 0.15) is 5.82 Å². The second-order valence-corrected chi connectivity index (χ2v) is 9.97. The van der Waals surface area contributed by atoms with Crippen LogP contribution in [-0.2, 0) is 16.4 Å². The van der Waals surface area contributed by atoms with Crippen LogP contribution in [-0.4, -0.2) is 35.1 Å². The van der Waals surface area contributed by atoms with E-state index in [1.54, 1.807) is 12.1 Å². The fraction of sp³-hybridized carbons (Fsp3) is 0.269. The molecule has 0 saturated heterocycles. The van der Waals surface area contributed by atoms with Gasteiger partial charge in [0, 0.05) is 12.2 Å². The topological polar surface area (TPSA) is 93.7 Å². The smallest absolute Gasteiger partial charge is 0.258 e. The van der Waals surface area contributed by atoms with Crippen LogP contribution in [0.2, 0.25) is 0 Å². The second kappa shape index (κ2) is 10.9. The molecule has 186 valence electrons. The fourth-order valence-corrected chi connectivity index (χ4v) is 4.91. The first-order valence-corrected chi connectivity index (χ1v) is 12.4. The second-order valence-electron chi connectivity index (χ2n) is 8.21. The summed E-state index contributed by atoms with van der Waals surface area (Å²) in [5.74, 6) is -0.416. The highest BCUT2D eigenvalue weighted by molar-refractivity contribution is 7.89. The van der Waals surface area contributed by atoms with Gasteiger partial charge in [0.05, 0.1) is 24.7 Å². The van der Waals surface area contributed by atoms with E-state index in [4.69, 9.17) is 9.47 Å². The summed E-state index contributed by atoms with van der Waals surface area (Å²) in [6, 6.07) is 12.3. The quantitative estimate of drug-likeness (QED) is 0.450. The first-order chi connectivity index (χ1) is 16.6. The van der Waals surface area contributed by atoms with Gasteiger partial charge in [0.2, 0.25) is 10.0 Å². The van der Waals surface area contributed by atoms with E-state index in [-0.39, 0.29) is 17.0 Å². The maximum absolute atomic E-state index is 14.5. The molecule has 0 aliphatic heterocycles. The van der Waals surface area contributed by atoms with Crippen LogP contribution < -0.4 is 19.5 Å². The average Bonchev–Trinajstić information content (AvgIpc) is 2.81. The third kappa shape index (κ3) is 6.17. The van der Waals surface area contributed by atoms with Gasteiger partial charge >= 0.3 is 0 Å². The van der Waals surface area contributed by atoms with Gasteiger partial charge in [-0.05, 0) is 74.2 Å². The molecule has 7 nitrogen and oxygen atoms in total. The van der Waals surface area contributed by atoms with Gasteiger partial charge in [-0.15, -0.1) is 0 Å². The van der Waals surface area contributed by atoms with Crippen molar-refractivity contribution in [2.45, 2.75) is 32.1 Å². The molecule has 0 unspecified atom stereocenters. The fourth-order valence-electron chi connectivity index (χ4n) is 3.85. The minimum atomic E-state index is -3.98. The van der Waals surface area contributed by atoms with Gasteiger partial charge in [0.15, 0.2) is 11.5 Å². The predicted molar refractivity (Wildman–Crippen MR) is 133 cm³/mol. The summed E-state index contributed by atoms with van der Waals surface area (Å²) in [6.45, 7) is 5.72. The van der Waals surface area contributed by atoms with Crippen molar-refractivity contribution in [1.29, 1.82) is 0 Å². The molecule has 1 amide bonds. The Kier molecular flexibility index (Phi) is 8.14. The Morgan fingerprint density at radius 2 is 1.57 bits per heavy atom. The summed E-state index contributed by atoms with van der Waals surface area (Å²) >= 11 is 0. The number of hydrogen-bond acceptors (Lipinski definition) is 5. The average molecular weight is 501 g/mol. The molecule has 0 aliphatic carbocycles. The minimum absolute atomic E-state index is 0.0957. The number of halogens is 1. The van der Waals surface area contributed by atoms with Gasteiger partial charge in [0.25, 0.3) is 5.91 Å². The van der Waals surface area contributed by atoms with Crippen LogP contribution in [0.15, 0.2) is 53.4 Å². The van der Waals surface area contributed by atoms with Gasteiger partial charge in [-0.1, -0.05) is 23.8 Å². The zero-order chi connectivity index (χ0) is 25.8.